The average molecular weight is 352 g/mol. The van der Waals surface area contributed by atoms with E-state index in [0.29, 0.717) is 51.0 Å². The summed E-state index contributed by atoms with van der Waals surface area (Å²) in [5, 5.41) is 2.70. The standard InChI is InChI=1S/C17H24N2O6/c1-19-7-9-23-11-10-22-8-6-18-16(20)12-24-14-4-2-3-5-15(14)25-13-17(19)21/h2-5H,6-13H2,1H3,(H,18,20). The summed E-state index contributed by atoms with van der Waals surface area (Å²) in [6.45, 7) is 2.29. The van der Waals surface area contributed by atoms with E-state index in [1.54, 1.807) is 36.2 Å². The first-order chi connectivity index (χ1) is 12.2. The second-order valence-electron chi connectivity index (χ2n) is 5.41. The Morgan fingerprint density at radius 2 is 1.56 bits per heavy atom. The van der Waals surface area contributed by atoms with E-state index in [4.69, 9.17) is 18.9 Å². The molecule has 0 fully saturated rings. The van der Waals surface area contributed by atoms with Gasteiger partial charge in [-0.25, -0.2) is 0 Å². The third-order valence-electron chi connectivity index (χ3n) is 3.50. The fourth-order valence-electron chi connectivity index (χ4n) is 2.04. The van der Waals surface area contributed by atoms with Crippen molar-refractivity contribution in [3.8, 4) is 11.5 Å². The first-order valence-electron chi connectivity index (χ1n) is 8.17. The molecular formula is C17H24N2O6. The Kier molecular flexibility index (Phi) is 8.00. The molecule has 2 amide bonds. The van der Waals surface area contributed by atoms with E-state index in [1.165, 1.54) is 0 Å². The first-order valence-corrected chi connectivity index (χ1v) is 8.17. The maximum absolute atomic E-state index is 12.1. The molecular weight excluding hydrogens is 328 g/mol. The molecule has 0 saturated carbocycles. The van der Waals surface area contributed by atoms with Gasteiger partial charge in [0.1, 0.15) is 0 Å². The smallest absolute Gasteiger partial charge is 0.260 e. The fraction of sp³-hybridized carbons (Fsp3) is 0.529. The molecule has 0 unspecified atom stereocenters. The second kappa shape index (κ2) is 10.5. The molecule has 0 saturated heterocycles. The van der Waals surface area contributed by atoms with E-state index < -0.39 is 0 Å². The lowest BCUT2D eigenvalue weighted by molar-refractivity contribution is -0.133. The summed E-state index contributed by atoms with van der Waals surface area (Å²) in [7, 11) is 1.69. The van der Waals surface area contributed by atoms with Crippen molar-refractivity contribution in [2.24, 2.45) is 0 Å². The van der Waals surface area contributed by atoms with Crippen molar-refractivity contribution >= 4 is 11.8 Å². The minimum atomic E-state index is -0.258. The molecule has 2 rings (SSSR count). The monoisotopic (exact) mass is 352 g/mol. The summed E-state index contributed by atoms with van der Waals surface area (Å²) >= 11 is 0. The van der Waals surface area contributed by atoms with Crippen molar-refractivity contribution in [2.75, 3.05) is 59.8 Å². The Morgan fingerprint density at radius 1 is 0.920 bits per heavy atom. The third kappa shape index (κ3) is 6.98. The maximum atomic E-state index is 12.1. The number of nitrogens with zero attached hydrogens (tertiary/aromatic N) is 1. The largest absolute Gasteiger partial charge is 0.480 e. The van der Waals surface area contributed by atoms with E-state index in [9.17, 15) is 9.59 Å². The number of benzene rings is 1. The Hall–Kier alpha value is -2.32. The molecule has 0 spiro atoms. The highest BCUT2D eigenvalue weighted by atomic mass is 16.5. The number of hydrogen-bond acceptors (Lipinski definition) is 6. The molecule has 0 aliphatic carbocycles. The molecule has 0 aromatic heterocycles. The maximum Gasteiger partial charge on any atom is 0.260 e. The molecule has 1 N–H and O–H groups in total. The molecule has 138 valence electrons. The highest BCUT2D eigenvalue weighted by Gasteiger charge is 2.12. The van der Waals surface area contributed by atoms with E-state index in [-0.39, 0.29) is 25.0 Å². The highest BCUT2D eigenvalue weighted by molar-refractivity contribution is 5.78. The van der Waals surface area contributed by atoms with Crippen molar-refractivity contribution in [3.05, 3.63) is 24.3 Å². The van der Waals surface area contributed by atoms with E-state index in [1.807, 2.05) is 0 Å². The van der Waals surface area contributed by atoms with Crippen LogP contribution in [0.2, 0.25) is 0 Å². The van der Waals surface area contributed by atoms with Crippen LogP contribution in [0.1, 0.15) is 0 Å². The minimum absolute atomic E-state index is 0.119. The Morgan fingerprint density at radius 3 is 2.28 bits per heavy atom. The predicted molar refractivity (Wildman–Crippen MR) is 89.7 cm³/mol. The molecule has 1 aromatic carbocycles. The van der Waals surface area contributed by atoms with Gasteiger partial charge in [-0.1, -0.05) is 12.1 Å². The van der Waals surface area contributed by atoms with Crippen LogP contribution in [0, 0.1) is 0 Å². The van der Waals surface area contributed by atoms with Crippen LogP contribution in [0.25, 0.3) is 0 Å². The zero-order valence-corrected chi connectivity index (χ0v) is 14.4. The van der Waals surface area contributed by atoms with Crippen LogP contribution in [0.5, 0.6) is 11.5 Å². The second-order valence-corrected chi connectivity index (χ2v) is 5.41. The predicted octanol–water partition coefficient (Wildman–Crippen LogP) is 0.0656. The summed E-state index contributed by atoms with van der Waals surface area (Å²) in [4.78, 5) is 25.4. The highest BCUT2D eigenvalue weighted by Crippen LogP contribution is 2.26. The van der Waals surface area contributed by atoms with E-state index in [2.05, 4.69) is 5.32 Å². The van der Waals surface area contributed by atoms with Gasteiger partial charge in [0.15, 0.2) is 24.7 Å². The Labute approximate surface area is 147 Å². The van der Waals surface area contributed by atoms with Crippen molar-refractivity contribution in [1.82, 2.24) is 10.2 Å². The van der Waals surface area contributed by atoms with Crippen LogP contribution in [-0.4, -0.2) is 76.5 Å². The van der Waals surface area contributed by atoms with Gasteiger partial charge in [0.05, 0.1) is 26.4 Å². The van der Waals surface area contributed by atoms with Gasteiger partial charge in [-0.2, -0.15) is 0 Å². The molecule has 8 heteroatoms. The zero-order chi connectivity index (χ0) is 17.9. The number of ether oxygens (including phenoxy) is 4. The quantitative estimate of drug-likeness (QED) is 0.711. The lowest BCUT2D eigenvalue weighted by atomic mass is 10.3. The molecule has 0 bridgehead atoms. The molecule has 8 nitrogen and oxygen atoms in total. The summed E-state index contributed by atoms with van der Waals surface area (Å²) in [6.07, 6.45) is 0. The Balaban J connectivity index is 1.98. The lowest BCUT2D eigenvalue weighted by Gasteiger charge is -2.18. The van der Waals surface area contributed by atoms with Crippen LogP contribution in [0.4, 0.5) is 0 Å². The number of fused-ring (bicyclic) bond motifs is 1. The van der Waals surface area contributed by atoms with Gasteiger partial charge in [0.25, 0.3) is 11.8 Å². The summed E-state index contributed by atoms with van der Waals surface area (Å²) in [5.41, 5.74) is 0. The van der Waals surface area contributed by atoms with Crippen molar-refractivity contribution in [1.29, 1.82) is 0 Å². The van der Waals surface area contributed by atoms with Crippen LogP contribution >= 0.6 is 0 Å². The Bertz CT molecular complexity index is 566. The number of carbonyl (C=O) groups is 2. The summed E-state index contributed by atoms with van der Waals surface area (Å²) < 4.78 is 21.8. The molecule has 0 atom stereocenters. The number of nitrogens with one attached hydrogen (secondary N) is 1. The minimum Gasteiger partial charge on any atom is -0.480 e. The van der Waals surface area contributed by atoms with Gasteiger partial charge in [-0.3, -0.25) is 9.59 Å². The van der Waals surface area contributed by atoms with Gasteiger partial charge < -0.3 is 29.2 Å². The molecule has 1 aromatic rings. The van der Waals surface area contributed by atoms with E-state index in [0.717, 1.165) is 0 Å². The van der Waals surface area contributed by atoms with Gasteiger partial charge in [-0.15, -0.1) is 0 Å². The topological polar surface area (TPSA) is 86.3 Å². The number of hydrogen-bond donors (Lipinski definition) is 1. The van der Waals surface area contributed by atoms with E-state index >= 15 is 0 Å². The number of rotatable bonds is 0. The average Bonchev–Trinajstić information content (AvgIpc) is 2.62. The number of para-hydroxylation sites is 2. The molecule has 1 aliphatic heterocycles. The molecule has 1 aliphatic rings. The normalized spacial score (nSPS) is 18.8. The zero-order valence-electron chi connectivity index (χ0n) is 14.4. The van der Waals surface area contributed by atoms with Crippen LogP contribution in [0.15, 0.2) is 24.3 Å². The number of carbonyl (C=O) groups excluding carboxylic acids is 2. The third-order valence-corrected chi connectivity index (χ3v) is 3.50. The van der Waals surface area contributed by atoms with Gasteiger partial charge in [0.2, 0.25) is 0 Å². The van der Waals surface area contributed by atoms with Gasteiger partial charge in [0, 0.05) is 20.1 Å². The van der Waals surface area contributed by atoms with Crippen molar-refractivity contribution < 1.29 is 28.5 Å². The van der Waals surface area contributed by atoms with Crippen LogP contribution < -0.4 is 14.8 Å². The van der Waals surface area contributed by atoms with Gasteiger partial charge >= 0.3 is 0 Å². The lowest BCUT2D eigenvalue weighted by Crippen LogP contribution is -2.34. The fourth-order valence-corrected chi connectivity index (χ4v) is 2.04. The number of likely N-dealkylation sites (N-methyl/N-ethyl adjacent to an activating group) is 1. The van der Waals surface area contributed by atoms with Crippen LogP contribution in [-0.2, 0) is 19.1 Å². The SMILES string of the molecule is CN1CCOCCOCCNC(=O)COc2ccccc2OCC1=O. The summed E-state index contributed by atoms with van der Waals surface area (Å²) in [6, 6.07) is 6.92. The molecule has 25 heavy (non-hydrogen) atoms. The number of amides is 2. The van der Waals surface area contributed by atoms with Crippen molar-refractivity contribution in [2.45, 2.75) is 0 Å². The molecule has 1 heterocycles. The van der Waals surface area contributed by atoms with Gasteiger partial charge in [-0.05, 0) is 12.1 Å². The molecule has 0 radical (unpaired) electrons. The first kappa shape index (κ1) is 19.0. The van der Waals surface area contributed by atoms with Crippen molar-refractivity contribution in [3.63, 3.8) is 0 Å². The summed E-state index contributed by atoms with van der Waals surface area (Å²) in [5.74, 6) is 0.395. The van der Waals surface area contributed by atoms with Crippen LogP contribution in [0.3, 0.4) is 0 Å².